The second-order valence-electron chi connectivity index (χ2n) is 11.0. The van der Waals surface area contributed by atoms with E-state index in [9.17, 15) is 4.79 Å². The molecule has 1 saturated carbocycles. The maximum atomic E-state index is 13.5. The minimum Gasteiger partial charge on any atom is -0.362 e. The first-order valence-corrected chi connectivity index (χ1v) is 17.9. The van der Waals surface area contributed by atoms with Gasteiger partial charge in [-0.1, -0.05) is 63.5 Å². The zero-order valence-corrected chi connectivity index (χ0v) is 19.5. The van der Waals surface area contributed by atoms with E-state index >= 15 is 0 Å². The van der Waals surface area contributed by atoms with Crippen molar-refractivity contribution >= 4 is 33.5 Å². The number of hydrogen-bond acceptors (Lipinski definition) is 2. The number of carbonyl (C=O) groups excluding carboxylic acids is 1. The van der Waals surface area contributed by atoms with Crippen molar-refractivity contribution in [2.24, 2.45) is 23.7 Å². The molecular weight excluding hydrogens is 364 g/mol. The van der Waals surface area contributed by atoms with Gasteiger partial charge in [0.1, 0.15) is 5.78 Å². The fourth-order valence-electron chi connectivity index (χ4n) is 5.71. The summed E-state index contributed by atoms with van der Waals surface area (Å²) in [5.74, 6) is 2.39. The highest BCUT2D eigenvalue weighted by molar-refractivity contribution is 6.76. The van der Waals surface area contributed by atoms with E-state index in [0.717, 1.165) is 12.8 Å². The van der Waals surface area contributed by atoms with Gasteiger partial charge in [0.2, 0.25) is 0 Å². The van der Waals surface area contributed by atoms with Crippen molar-refractivity contribution in [1.82, 2.24) is 0 Å². The van der Waals surface area contributed by atoms with E-state index in [4.69, 9.17) is 16.3 Å². The first-order chi connectivity index (χ1) is 11.5. The molecule has 4 bridgehead atoms. The Labute approximate surface area is 160 Å². The highest BCUT2D eigenvalue weighted by Gasteiger charge is 2.66. The van der Waals surface area contributed by atoms with E-state index in [1.165, 1.54) is 12.1 Å². The van der Waals surface area contributed by atoms with Gasteiger partial charge >= 0.3 is 0 Å². The molecule has 1 saturated heterocycles. The molecule has 142 valence electrons. The lowest BCUT2D eigenvalue weighted by Gasteiger charge is -2.40. The second-order valence-corrected chi connectivity index (χ2v) is 22.4. The summed E-state index contributed by atoms with van der Waals surface area (Å²) in [4.78, 5) is 13.5. The zero-order chi connectivity index (χ0) is 18.6. The molecule has 3 rings (SSSR count). The average Bonchev–Trinajstić information content (AvgIpc) is 2.89. The van der Waals surface area contributed by atoms with Crippen molar-refractivity contribution in [3.05, 3.63) is 12.2 Å². The Kier molecular flexibility index (Phi) is 5.25. The summed E-state index contributed by atoms with van der Waals surface area (Å²) in [6.45, 7) is 14.7. The number of alkyl halides is 1. The van der Waals surface area contributed by atoms with Crippen LogP contribution in [0, 0.1) is 23.7 Å². The van der Waals surface area contributed by atoms with Gasteiger partial charge in [-0.2, -0.15) is 0 Å². The quantitative estimate of drug-likeness (QED) is 0.324. The van der Waals surface area contributed by atoms with Gasteiger partial charge in [-0.25, -0.2) is 0 Å². The Morgan fingerprint density at radius 3 is 2.24 bits per heavy atom. The van der Waals surface area contributed by atoms with Gasteiger partial charge in [-0.15, -0.1) is 11.6 Å². The molecule has 0 unspecified atom stereocenters. The predicted octanol–water partition coefficient (Wildman–Crippen LogP) is 5.44. The van der Waals surface area contributed by atoms with Crippen molar-refractivity contribution < 1.29 is 9.53 Å². The highest BCUT2D eigenvalue weighted by Crippen LogP contribution is 2.60. The van der Waals surface area contributed by atoms with Crippen molar-refractivity contribution in [1.29, 1.82) is 0 Å². The summed E-state index contributed by atoms with van der Waals surface area (Å²) in [6.07, 6.45) is 6.29. The van der Waals surface area contributed by atoms with E-state index in [1.54, 1.807) is 0 Å². The molecule has 0 aromatic heterocycles. The summed E-state index contributed by atoms with van der Waals surface area (Å²) < 4.78 is 6.57. The Balaban J connectivity index is 1.99. The number of ketones is 1. The molecule has 2 aliphatic heterocycles. The van der Waals surface area contributed by atoms with Crippen LogP contribution in [0.1, 0.15) is 12.8 Å². The highest BCUT2D eigenvalue weighted by atomic mass is 35.5. The number of halogens is 1. The normalized spacial score (nSPS) is 40.1. The van der Waals surface area contributed by atoms with Gasteiger partial charge in [0, 0.05) is 22.0 Å². The van der Waals surface area contributed by atoms with E-state index in [0.29, 0.717) is 23.5 Å². The fourth-order valence-corrected chi connectivity index (χ4v) is 9.77. The topological polar surface area (TPSA) is 26.3 Å². The Morgan fingerprint density at radius 2 is 1.68 bits per heavy atom. The van der Waals surface area contributed by atoms with Gasteiger partial charge in [-0.3, -0.25) is 4.79 Å². The molecule has 0 aromatic rings. The lowest BCUT2D eigenvalue weighted by Crippen LogP contribution is -2.49. The second kappa shape index (κ2) is 6.61. The maximum Gasteiger partial charge on any atom is 0.145 e. The van der Waals surface area contributed by atoms with E-state index in [2.05, 4.69) is 51.4 Å². The van der Waals surface area contributed by atoms with Gasteiger partial charge < -0.3 is 4.74 Å². The Morgan fingerprint density at radius 1 is 1.08 bits per heavy atom. The lowest BCUT2D eigenvalue weighted by atomic mass is 9.76. The third-order valence-electron chi connectivity index (χ3n) is 6.28. The zero-order valence-electron chi connectivity index (χ0n) is 16.8. The van der Waals surface area contributed by atoms with E-state index in [-0.39, 0.29) is 23.5 Å². The van der Waals surface area contributed by atoms with Crippen LogP contribution in [0.2, 0.25) is 51.4 Å². The van der Waals surface area contributed by atoms with Crippen LogP contribution in [0.15, 0.2) is 12.2 Å². The molecule has 25 heavy (non-hydrogen) atoms. The van der Waals surface area contributed by atoms with Crippen molar-refractivity contribution in [2.45, 2.75) is 75.9 Å². The number of carbonyl (C=O) groups is 1. The number of ether oxygens (including phenoxy) is 1. The van der Waals surface area contributed by atoms with Crippen LogP contribution >= 0.6 is 11.6 Å². The molecule has 5 heteroatoms. The molecule has 2 nitrogen and oxygen atoms in total. The molecule has 6 atom stereocenters. The molecule has 1 aliphatic carbocycles. The van der Waals surface area contributed by atoms with Crippen LogP contribution in [0.5, 0.6) is 0 Å². The smallest absolute Gasteiger partial charge is 0.145 e. The molecule has 3 aliphatic rings. The fraction of sp³-hybridized carbons (Fsp3) is 0.850. The molecule has 0 radical (unpaired) electrons. The van der Waals surface area contributed by atoms with Crippen LogP contribution in [-0.2, 0) is 9.53 Å². The Bertz CT molecular complexity index is 563. The van der Waals surface area contributed by atoms with Crippen LogP contribution < -0.4 is 0 Å². The SMILES string of the molecule is C[Si](C)(C)C[C@@H]1[C@H](C[Si](C)(C)C)[C@@H]2C(=O)[C@H]1[C@H]1C=C[C@]2(CCCCl)O1. The number of Topliss-reactive ketones (excluding diaryl/α,β-unsaturated/α-hetero) is 1. The molecule has 0 spiro atoms. The van der Waals surface area contributed by atoms with Crippen LogP contribution in [-0.4, -0.2) is 39.5 Å². The first kappa shape index (κ1) is 19.8. The van der Waals surface area contributed by atoms with Crippen molar-refractivity contribution in [3.63, 3.8) is 0 Å². The summed E-state index contributed by atoms with van der Waals surface area (Å²) in [6, 6.07) is 2.51. The maximum absolute atomic E-state index is 13.5. The monoisotopic (exact) mass is 398 g/mol. The Hall–Kier alpha value is 0.0938. The van der Waals surface area contributed by atoms with E-state index < -0.39 is 16.1 Å². The largest absolute Gasteiger partial charge is 0.362 e. The average molecular weight is 399 g/mol. The molecular formula is C20H35ClO2Si2. The van der Waals surface area contributed by atoms with Gasteiger partial charge in [-0.05, 0) is 24.7 Å². The third-order valence-corrected chi connectivity index (χ3v) is 9.94. The summed E-state index contributed by atoms with van der Waals surface area (Å²) in [7, 11) is -2.51. The standard InChI is InChI=1S/C20H35ClO2Si2/c1-24(2,3)12-14-15(13-25(4,5)6)18-19(22)17(14)16-8-10-20(18,23-16)9-7-11-21/h8,10,14-18H,7,9,11-13H2,1-6H3/t14-,15+,16-,17-,18-,20+/m1/s1. The van der Waals surface area contributed by atoms with E-state index in [1.807, 2.05) is 0 Å². The third kappa shape index (κ3) is 3.74. The predicted molar refractivity (Wildman–Crippen MR) is 112 cm³/mol. The van der Waals surface area contributed by atoms with Crippen LogP contribution in [0.3, 0.4) is 0 Å². The molecule has 2 fully saturated rings. The summed E-state index contributed by atoms with van der Waals surface area (Å²) >= 11 is 6.00. The minimum atomic E-state index is -1.26. The number of hydrogen-bond donors (Lipinski definition) is 0. The lowest BCUT2D eigenvalue weighted by molar-refractivity contribution is -0.155. The van der Waals surface area contributed by atoms with Gasteiger partial charge in [0.25, 0.3) is 0 Å². The molecule has 2 heterocycles. The molecule has 0 N–H and O–H groups in total. The van der Waals surface area contributed by atoms with Gasteiger partial charge in [0.15, 0.2) is 0 Å². The number of fused-ring (bicyclic) bond motifs is 6. The van der Waals surface area contributed by atoms with Crippen molar-refractivity contribution in [3.8, 4) is 0 Å². The minimum absolute atomic E-state index is 0.0204. The van der Waals surface area contributed by atoms with Crippen LogP contribution in [0.25, 0.3) is 0 Å². The van der Waals surface area contributed by atoms with Gasteiger partial charge in [0.05, 0.1) is 23.5 Å². The summed E-state index contributed by atoms with van der Waals surface area (Å²) in [5, 5.41) is 0. The van der Waals surface area contributed by atoms with Crippen LogP contribution in [0.4, 0.5) is 0 Å². The summed E-state index contributed by atoms with van der Waals surface area (Å²) in [5.41, 5.74) is -0.356. The number of rotatable bonds is 7. The van der Waals surface area contributed by atoms with Crippen molar-refractivity contribution in [2.75, 3.05) is 5.88 Å². The molecule has 0 aromatic carbocycles. The first-order valence-electron chi connectivity index (χ1n) is 9.94. The molecule has 0 amide bonds.